The summed E-state index contributed by atoms with van der Waals surface area (Å²) >= 11 is 1.67. The molecule has 1 aliphatic rings. The SMILES string of the molecule is CC1(C)CCC(C)(C)c2sc(Oc3ccc(CO)cc3)nc21. The van der Waals surface area contributed by atoms with Crippen molar-refractivity contribution in [3.63, 3.8) is 0 Å². The summed E-state index contributed by atoms with van der Waals surface area (Å²) in [4.78, 5) is 6.14. The number of aliphatic hydroxyl groups excluding tert-OH is 1. The van der Waals surface area contributed by atoms with E-state index in [9.17, 15) is 0 Å². The van der Waals surface area contributed by atoms with Crippen LogP contribution in [-0.2, 0) is 17.4 Å². The third kappa shape index (κ3) is 2.77. The topological polar surface area (TPSA) is 42.4 Å². The molecule has 3 nitrogen and oxygen atoms in total. The van der Waals surface area contributed by atoms with E-state index in [1.54, 1.807) is 11.3 Å². The molecule has 1 N–H and O–H groups in total. The molecule has 0 aliphatic heterocycles. The van der Waals surface area contributed by atoms with E-state index < -0.39 is 0 Å². The predicted octanol–water partition coefficient (Wildman–Crippen LogP) is 4.78. The van der Waals surface area contributed by atoms with E-state index in [0.29, 0.717) is 5.19 Å². The number of aliphatic hydroxyl groups is 1. The Balaban J connectivity index is 1.91. The molecule has 0 atom stereocenters. The highest BCUT2D eigenvalue weighted by Gasteiger charge is 2.40. The molecule has 0 amide bonds. The molecule has 4 heteroatoms. The van der Waals surface area contributed by atoms with Crippen LogP contribution in [-0.4, -0.2) is 10.1 Å². The quantitative estimate of drug-likeness (QED) is 0.886. The van der Waals surface area contributed by atoms with Crippen LogP contribution in [0.4, 0.5) is 0 Å². The molecule has 118 valence electrons. The number of hydrogen-bond acceptors (Lipinski definition) is 4. The summed E-state index contributed by atoms with van der Waals surface area (Å²) in [6, 6.07) is 7.50. The van der Waals surface area contributed by atoms with Gasteiger partial charge >= 0.3 is 0 Å². The van der Waals surface area contributed by atoms with Gasteiger partial charge in [-0.15, -0.1) is 0 Å². The maximum Gasteiger partial charge on any atom is 0.279 e. The zero-order chi connectivity index (χ0) is 16.0. The van der Waals surface area contributed by atoms with E-state index in [-0.39, 0.29) is 17.4 Å². The summed E-state index contributed by atoms with van der Waals surface area (Å²) in [5, 5.41) is 9.81. The molecular weight excluding hydrogens is 294 g/mol. The Labute approximate surface area is 136 Å². The lowest BCUT2D eigenvalue weighted by molar-refractivity contribution is 0.281. The molecule has 2 aromatic rings. The second kappa shape index (κ2) is 5.36. The summed E-state index contributed by atoms with van der Waals surface area (Å²) in [6.07, 6.45) is 2.33. The van der Waals surface area contributed by atoms with Crippen molar-refractivity contribution in [2.75, 3.05) is 0 Å². The third-order valence-corrected chi connectivity index (χ3v) is 5.85. The van der Waals surface area contributed by atoms with Gasteiger partial charge in [0.2, 0.25) is 0 Å². The first kappa shape index (κ1) is 15.5. The Bertz CT molecular complexity index is 637. The third-order valence-electron chi connectivity index (χ3n) is 4.55. The Hall–Kier alpha value is -1.39. The van der Waals surface area contributed by atoms with Gasteiger partial charge in [-0.05, 0) is 30.5 Å². The first-order valence-corrected chi connectivity index (χ1v) is 8.53. The van der Waals surface area contributed by atoms with E-state index >= 15 is 0 Å². The van der Waals surface area contributed by atoms with Crippen LogP contribution in [0.3, 0.4) is 0 Å². The van der Waals surface area contributed by atoms with E-state index in [1.165, 1.54) is 17.0 Å². The van der Waals surface area contributed by atoms with Gasteiger partial charge in [-0.2, -0.15) is 0 Å². The fraction of sp³-hybridized carbons (Fsp3) is 0.500. The molecule has 1 aromatic carbocycles. The summed E-state index contributed by atoms with van der Waals surface area (Å²) < 4.78 is 5.94. The monoisotopic (exact) mass is 317 g/mol. The summed E-state index contributed by atoms with van der Waals surface area (Å²) in [5.74, 6) is 0.763. The number of thiazole rings is 1. The molecule has 0 fully saturated rings. The summed E-state index contributed by atoms with van der Waals surface area (Å²) in [5.41, 5.74) is 2.36. The lowest BCUT2D eigenvalue weighted by Crippen LogP contribution is -2.32. The van der Waals surface area contributed by atoms with Crippen molar-refractivity contribution in [1.29, 1.82) is 0 Å². The van der Waals surface area contributed by atoms with E-state index in [4.69, 9.17) is 14.8 Å². The minimum atomic E-state index is 0.0498. The number of hydrogen-bond donors (Lipinski definition) is 1. The van der Waals surface area contributed by atoms with Gasteiger partial charge in [0.05, 0.1) is 12.3 Å². The van der Waals surface area contributed by atoms with E-state index in [1.807, 2.05) is 24.3 Å². The zero-order valence-electron chi connectivity index (χ0n) is 13.6. The first-order valence-electron chi connectivity index (χ1n) is 7.71. The Morgan fingerprint density at radius 3 is 2.32 bits per heavy atom. The van der Waals surface area contributed by atoms with Crippen molar-refractivity contribution >= 4 is 11.3 Å². The van der Waals surface area contributed by atoms with Crippen molar-refractivity contribution < 1.29 is 9.84 Å². The minimum absolute atomic E-state index is 0.0498. The largest absolute Gasteiger partial charge is 0.431 e. The van der Waals surface area contributed by atoms with Crippen molar-refractivity contribution in [2.24, 2.45) is 0 Å². The first-order chi connectivity index (χ1) is 10.3. The van der Waals surface area contributed by atoms with Crippen LogP contribution in [0, 0.1) is 0 Å². The van der Waals surface area contributed by atoms with E-state index in [2.05, 4.69) is 27.7 Å². The number of ether oxygens (including phenoxy) is 1. The molecule has 1 aliphatic carbocycles. The van der Waals surface area contributed by atoms with Gasteiger partial charge in [0, 0.05) is 15.7 Å². The molecule has 0 radical (unpaired) electrons. The van der Waals surface area contributed by atoms with Gasteiger partial charge in [0.1, 0.15) is 5.75 Å². The number of aromatic nitrogens is 1. The maximum atomic E-state index is 9.09. The molecule has 1 aromatic heterocycles. The van der Waals surface area contributed by atoms with Crippen LogP contribution in [0.1, 0.15) is 56.7 Å². The van der Waals surface area contributed by atoms with Crippen LogP contribution in [0.15, 0.2) is 24.3 Å². The maximum absolute atomic E-state index is 9.09. The van der Waals surface area contributed by atoms with Crippen LogP contribution < -0.4 is 4.74 Å². The molecule has 0 saturated heterocycles. The smallest absolute Gasteiger partial charge is 0.279 e. The molecule has 0 saturated carbocycles. The van der Waals surface area contributed by atoms with Gasteiger partial charge in [-0.3, -0.25) is 0 Å². The van der Waals surface area contributed by atoms with Gasteiger partial charge in [0.15, 0.2) is 0 Å². The molecular formula is C18H23NO2S. The second-order valence-corrected chi connectivity index (χ2v) is 8.29. The standard InChI is InChI=1S/C18H23NO2S/c1-17(2)9-10-18(3,4)15-14(17)19-16(22-15)21-13-7-5-12(11-20)6-8-13/h5-8,20H,9-11H2,1-4H3. The van der Waals surface area contributed by atoms with Crippen LogP contribution in [0.5, 0.6) is 10.9 Å². The minimum Gasteiger partial charge on any atom is -0.431 e. The highest BCUT2D eigenvalue weighted by atomic mass is 32.1. The number of nitrogens with zero attached hydrogens (tertiary/aromatic N) is 1. The predicted molar refractivity (Wildman–Crippen MR) is 89.8 cm³/mol. The number of fused-ring (bicyclic) bond motifs is 1. The second-order valence-electron chi connectivity index (χ2n) is 7.33. The number of rotatable bonds is 3. The zero-order valence-corrected chi connectivity index (χ0v) is 14.5. The number of benzene rings is 1. The average Bonchev–Trinajstić information content (AvgIpc) is 2.91. The average molecular weight is 317 g/mol. The highest BCUT2D eigenvalue weighted by Crippen LogP contribution is 2.49. The van der Waals surface area contributed by atoms with Gasteiger partial charge in [-0.25, -0.2) is 4.98 Å². The normalized spacial score (nSPS) is 18.8. The molecule has 0 unspecified atom stereocenters. The molecule has 0 bridgehead atoms. The van der Waals surface area contributed by atoms with Crippen molar-refractivity contribution in [2.45, 2.75) is 58.0 Å². The molecule has 3 rings (SSSR count). The van der Waals surface area contributed by atoms with Gasteiger partial charge in [0.25, 0.3) is 5.19 Å². The van der Waals surface area contributed by atoms with Crippen LogP contribution in [0.25, 0.3) is 0 Å². The lowest BCUT2D eigenvalue weighted by Gasteiger charge is -2.37. The molecule has 0 spiro atoms. The fourth-order valence-corrected chi connectivity index (χ4v) is 4.13. The van der Waals surface area contributed by atoms with Gasteiger partial charge < -0.3 is 9.84 Å². The van der Waals surface area contributed by atoms with Gasteiger partial charge in [-0.1, -0.05) is 51.2 Å². The van der Waals surface area contributed by atoms with Crippen molar-refractivity contribution in [3.8, 4) is 10.9 Å². The van der Waals surface area contributed by atoms with Crippen LogP contribution >= 0.6 is 11.3 Å². The van der Waals surface area contributed by atoms with Crippen LogP contribution in [0.2, 0.25) is 0 Å². The molecule has 1 heterocycles. The van der Waals surface area contributed by atoms with Crippen molar-refractivity contribution in [1.82, 2.24) is 4.98 Å². The van der Waals surface area contributed by atoms with Crippen molar-refractivity contribution in [3.05, 3.63) is 40.4 Å². The van der Waals surface area contributed by atoms with E-state index in [0.717, 1.165) is 17.7 Å². The molecule has 22 heavy (non-hydrogen) atoms. The summed E-state index contributed by atoms with van der Waals surface area (Å²) in [6.45, 7) is 9.16. The Morgan fingerprint density at radius 2 is 1.73 bits per heavy atom. The summed E-state index contributed by atoms with van der Waals surface area (Å²) in [7, 11) is 0. The Morgan fingerprint density at radius 1 is 1.09 bits per heavy atom. The fourth-order valence-electron chi connectivity index (χ4n) is 2.88. The highest BCUT2D eigenvalue weighted by molar-refractivity contribution is 7.13. The lowest BCUT2D eigenvalue weighted by atomic mass is 9.69. The Kier molecular flexibility index (Phi) is 3.77.